The van der Waals surface area contributed by atoms with Gasteiger partial charge in [-0.05, 0) is 110 Å². The quantitative estimate of drug-likeness (QED) is 0.430. The Hall–Kier alpha value is -1.49. The molecule has 4 rings (SSSR count). The summed E-state index contributed by atoms with van der Waals surface area (Å²) in [6, 6.07) is 0.166. The van der Waals surface area contributed by atoms with E-state index in [0.29, 0.717) is 0 Å². The van der Waals surface area contributed by atoms with E-state index in [4.69, 9.17) is 28.1 Å². The Balaban J connectivity index is 0.000000220. The van der Waals surface area contributed by atoms with Crippen LogP contribution in [0.2, 0.25) is 11.6 Å². The second kappa shape index (κ2) is 10.7. The summed E-state index contributed by atoms with van der Waals surface area (Å²) in [5, 5.41) is 5.74. The lowest BCUT2D eigenvalue weighted by Gasteiger charge is -2.32. The molecule has 0 aromatic carbocycles. The van der Waals surface area contributed by atoms with Gasteiger partial charge in [0.1, 0.15) is 11.2 Å². The Labute approximate surface area is 241 Å². The average Bonchev–Trinajstić information content (AvgIpc) is 3.57. The van der Waals surface area contributed by atoms with Gasteiger partial charge in [0.2, 0.25) is 0 Å². The molecule has 4 aliphatic rings. The molecular formula is C28H52B2N2O8. The van der Waals surface area contributed by atoms with Crippen LogP contribution >= 0.6 is 0 Å². The second-order valence-corrected chi connectivity index (χ2v) is 15.6. The van der Waals surface area contributed by atoms with Gasteiger partial charge in [0.15, 0.2) is 0 Å². The molecule has 0 aromatic rings. The minimum atomic E-state index is -0.473. The maximum absolute atomic E-state index is 11.7. The summed E-state index contributed by atoms with van der Waals surface area (Å²) in [6.07, 6.45) is 0.995. The molecule has 40 heavy (non-hydrogen) atoms. The van der Waals surface area contributed by atoms with Crippen molar-refractivity contribution < 1.29 is 37.7 Å². The normalized spacial score (nSPS) is 31.1. The Morgan fingerprint density at radius 1 is 0.600 bits per heavy atom. The van der Waals surface area contributed by atoms with Gasteiger partial charge in [-0.2, -0.15) is 0 Å². The summed E-state index contributed by atoms with van der Waals surface area (Å²) in [7, 11) is -0.500. The van der Waals surface area contributed by atoms with Crippen LogP contribution < -0.4 is 10.6 Å². The molecule has 0 unspecified atom stereocenters. The average molecular weight is 566 g/mol. The first kappa shape index (κ1) is 33.0. The summed E-state index contributed by atoms with van der Waals surface area (Å²) >= 11 is 0. The van der Waals surface area contributed by atoms with Crippen LogP contribution in [0.5, 0.6) is 0 Å². The van der Waals surface area contributed by atoms with Crippen molar-refractivity contribution >= 4 is 26.4 Å². The highest BCUT2D eigenvalue weighted by Gasteiger charge is 2.61. The van der Waals surface area contributed by atoms with Crippen molar-refractivity contribution in [2.45, 2.75) is 167 Å². The van der Waals surface area contributed by atoms with Crippen molar-refractivity contribution in [3.63, 3.8) is 0 Å². The Morgan fingerprint density at radius 3 is 1.07 bits per heavy atom. The monoisotopic (exact) mass is 566 g/mol. The van der Waals surface area contributed by atoms with E-state index >= 15 is 0 Å². The van der Waals surface area contributed by atoms with Crippen LogP contribution in [0.3, 0.4) is 0 Å². The third kappa shape index (κ3) is 8.29. The fourth-order valence-electron chi connectivity index (χ4n) is 4.41. The van der Waals surface area contributed by atoms with Crippen molar-refractivity contribution in [1.82, 2.24) is 10.6 Å². The zero-order chi connectivity index (χ0) is 30.7. The van der Waals surface area contributed by atoms with E-state index < -0.39 is 11.2 Å². The molecule has 2 saturated heterocycles. The van der Waals surface area contributed by atoms with Crippen LogP contribution in [0.15, 0.2) is 0 Å². The van der Waals surface area contributed by atoms with Gasteiger partial charge in [0.05, 0.1) is 22.4 Å². The number of carbonyl (C=O) groups excluding carboxylic acids is 2. The number of ether oxygens (including phenoxy) is 2. The SMILES string of the molecule is CC(C)(C)OC(=O)N[C@@H]1C[C@@H]1B1OC(C)(C)C(C)(C)O1.CC(C)(C)OC(=O)N[C@H]1C[C@H]1B1OC(C)(C)C(C)(C)O1. The minimum absolute atomic E-state index is 0.0829. The summed E-state index contributed by atoms with van der Waals surface area (Å²) < 4.78 is 34.4. The number of nitrogens with one attached hydrogen (secondary N) is 2. The first-order chi connectivity index (χ1) is 17.8. The number of alkyl carbamates (subject to hydrolysis) is 2. The van der Waals surface area contributed by atoms with Crippen molar-refractivity contribution in [1.29, 1.82) is 0 Å². The standard InChI is InChI=1S/2C14H26BNO4/c2*1-12(2,3)18-11(17)16-10-8-9(10)15-19-13(4,5)14(6,7)20-15/h2*9-10H,8H2,1-7H3,(H,16,17)/t2*9-,10+/m10/s1. The van der Waals surface area contributed by atoms with E-state index in [9.17, 15) is 9.59 Å². The zero-order valence-electron chi connectivity index (χ0n) is 27.1. The molecule has 12 heteroatoms. The van der Waals surface area contributed by atoms with Crippen LogP contribution in [0.25, 0.3) is 0 Å². The van der Waals surface area contributed by atoms with Crippen molar-refractivity contribution in [2.75, 3.05) is 0 Å². The van der Waals surface area contributed by atoms with Gasteiger partial charge in [-0.15, -0.1) is 0 Å². The van der Waals surface area contributed by atoms with Crippen LogP contribution in [0.4, 0.5) is 9.59 Å². The number of rotatable bonds is 4. The van der Waals surface area contributed by atoms with E-state index in [1.54, 1.807) is 0 Å². The topological polar surface area (TPSA) is 114 Å². The van der Waals surface area contributed by atoms with Gasteiger partial charge in [0.25, 0.3) is 0 Å². The molecule has 4 fully saturated rings. The van der Waals surface area contributed by atoms with Crippen LogP contribution in [0, 0.1) is 0 Å². The molecule has 2 amide bonds. The van der Waals surface area contributed by atoms with Gasteiger partial charge in [-0.1, -0.05) is 0 Å². The highest BCUT2D eigenvalue weighted by molar-refractivity contribution is 6.49. The lowest BCUT2D eigenvalue weighted by molar-refractivity contribution is 0.00578. The van der Waals surface area contributed by atoms with Crippen LogP contribution in [0.1, 0.15) is 110 Å². The molecule has 0 aromatic heterocycles. The summed E-state index contributed by atoms with van der Waals surface area (Å²) in [6.45, 7) is 27.4. The second-order valence-electron chi connectivity index (χ2n) is 15.6. The predicted molar refractivity (Wildman–Crippen MR) is 155 cm³/mol. The molecule has 2 N–H and O–H groups in total. The molecule has 10 nitrogen and oxygen atoms in total. The van der Waals surface area contributed by atoms with Crippen LogP contribution in [-0.2, 0) is 28.1 Å². The number of carbonyl (C=O) groups is 2. The first-order valence-electron chi connectivity index (χ1n) is 14.5. The lowest BCUT2D eigenvalue weighted by atomic mass is 9.81. The molecule has 228 valence electrons. The molecule has 2 saturated carbocycles. The summed E-state index contributed by atoms with van der Waals surface area (Å²) in [5.41, 5.74) is -2.24. The van der Waals surface area contributed by atoms with Crippen molar-refractivity contribution in [3.05, 3.63) is 0 Å². The van der Waals surface area contributed by atoms with E-state index in [1.165, 1.54) is 0 Å². The Morgan fingerprint density at radius 2 is 0.850 bits per heavy atom. The summed E-state index contributed by atoms with van der Waals surface area (Å²) in [4.78, 5) is 23.4. The van der Waals surface area contributed by atoms with Gasteiger partial charge >= 0.3 is 26.4 Å². The maximum Gasteiger partial charge on any atom is 0.463 e. The van der Waals surface area contributed by atoms with E-state index in [0.717, 1.165) is 12.8 Å². The highest BCUT2D eigenvalue weighted by atomic mass is 16.7. The number of hydrogen-bond acceptors (Lipinski definition) is 8. The predicted octanol–water partition coefficient (Wildman–Crippen LogP) is 5.49. The van der Waals surface area contributed by atoms with E-state index in [1.807, 2.05) is 96.9 Å². The minimum Gasteiger partial charge on any atom is -0.444 e. The van der Waals surface area contributed by atoms with E-state index in [-0.39, 0.29) is 72.5 Å². The van der Waals surface area contributed by atoms with Gasteiger partial charge in [0, 0.05) is 23.7 Å². The van der Waals surface area contributed by atoms with Gasteiger partial charge in [-0.3, -0.25) is 0 Å². The first-order valence-corrected chi connectivity index (χ1v) is 14.5. The van der Waals surface area contributed by atoms with Crippen LogP contribution in [-0.4, -0.2) is 72.1 Å². The molecule has 0 spiro atoms. The largest absolute Gasteiger partial charge is 0.463 e. The smallest absolute Gasteiger partial charge is 0.444 e. The fourth-order valence-corrected chi connectivity index (χ4v) is 4.41. The third-order valence-corrected chi connectivity index (χ3v) is 8.33. The molecule has 4 atom stereocenters. The van der Waals surface area contributed by atoms with Gasteiger partial charge < -0.3 is 38.7 Å². The maximum atomic E-state index is 11.7. The third-order valence-electron chi connectivity index (χ3n) is 8.33. The molecule has 2 heterocycles. The number of amides is 2. The van der Waals surface area contributed by atoms with Crippen molar-refractivity contribution in [3.8, 4) is 0 Å². The molecule has 0 bridgehead atoms. The molecule has 2 aliphatic heterocycles. The van der Waals surface area contributed by atoms with Crippen molar-refractivity contribution in [2.24, 2.45) is 0 Å². The Kier molecular flexibility index (Phi) is 8.79. The fraction of sp³-hybridized carbons (Fsp3) is 0.929. The number of hydrogen-bond donors (Lipinski definition) is 2. The Bertz CT molecular complexity index is 849. The molecular weight excluding hydrogens is 514 g/mol. The zero-order valence-corrected chi connectivity index (χ0v) is 27.1. The molecule has 0 radical (unpaired) electrons. The van der Waals surface area contributed by atoms with Gasteiger partial charge in [-0.25, -0.2) is 9.59 Å². The molecule has 2 aliphatic carbocycles. The van der Waals surface area contributed by atoms with E-state index in [2.05, 4.69) is 10.6 Å². The summed E-state index contributed by atoms with van der Waals surface area (Å²) in [5.74, 6) is 0.423. The highest BCUT2D eigenvalue weighted by Crippen LogP contribution is 2.50. The lowest BCUT2D eigenvalue weighted by Crippen LogP contribution is -2.41.